The maximum Gasteiger partial charge on any atom is 0.237 e. The second kappa shape index (κ2) is 5.80. The third-order valence-electron chi connectivity index (χ3n) is 3.72. The van der Waals surface area contributed by atoms with Crippen molar-refractivity contribution in [1.29, 1.82) is 0 Å². The van der Waals surface area contributed by atoms with Gasteiger partial charge in [0.2, 0.25) is 5.91 Å². The van der Waals surface area contributed by atoms with Gasteiger partial charge in [0.05, 0.1) is 12.1 Å². The summed E-state index contributed by atoms with van der Waals surface area (Å²) in [6.45, 7) is 5.83. The van der Waals surface area contributed by atoms with Crippen molar-refractivity contribution >= 4 is 5.91 Å². The van der Waals surface area contributed by atoms with Gasteiger partial charge in [0.1, 0.15) is 0 Å². The maximum absolute atomic E-state index is 12.0. The van der Waals surface area contributed by atoms with Crippen LogP contribution in [0.15, 0.2) is 0 Å². The van der Waals surface area contributed by atoms with Gasteiger partial charge in [0, 0.05) is 19.1 Å². The standard InChI is InChI=1S/C12H23N3O2/c1-2-15-5-3-4-9(8-15)14-12(17)11-6-10(16)7-13-11/h9-11,13,16H,2-8H2,1H3,(H,14,17). The van der Waals surface area contributed by atoms with Crippen LogP contribution < -0.4 is 10.6 Å². The molecule has 2 rings (SSSR count). The molecule has 0 aliphatic carbocycles. The first-order valence-corrected chi connectivity index (χ1v) is 6.63. The first-order chi connectivity index (χ1) is 8.19. The summed E-state index contributed by atoms with van der Waals surface area (Å²) in [5.74, 6) is 0.0458. The lowest BCUT2D eigenvalue weighted by Gasteiger charge is -2.32. The van der Waals surface area contributed by atoms with Crippen LogP contribution in [0.5, 0.6) is 0 Å². The number of hydrogen-bond donors (Lipinski definition) is 3. The largest absolute Gasteiger partial charge is 0.392 e. The molecular weight excluding hydrogens is 218 g/mol. The number of nitrogens with one attached hydrogen (secondary N) is 2. The molecule has 0 aromatic rings. The second-order valence-corrected chi connectivity index (χ2v) is 5.09. The average molecular weight is 241 g/mol. The number of β-amino-alcohol motifs (C(OH)–C–C–N with tert-alkyl or cyclic N) is 1. The highest BCUT2D eigenvalue weighted by Crippen LogP contribution is 2.11. The van der Waals surface area contributed by atoms with E-state index in [1.165, 1.54) is 0 Å². The Labute approximate surface area is 103 Å². The van der Waals surface area contributed by atoms with Crippen LogP contribution in [-0.2, 0) is 4.79 Å². The van der Waals surface area contributed by atoms with E-state index >= 15 is 0 Å². The molecule has 0 spiro atoms. The lowest BCUT2D eigenvalue weighted by molar-refractivity contribution is -0.124. The maximum atomic E-state index is 12.0. The van der Waals surface area contributed by atoms with Crippen molar-refractivity contribution in [3.8, 4) is 0 Å². The van der Waals surface area contributed by atoms with Crippen molar-refractivity contribution in [2.24, 2.45) is 0 Å². The Kier molecular flexibility index (Phi) is 4.36. The smallest absolute Gasteiger partial charge is 0.237 e. The molecule has 17 heavy (non-hydrogen) atoms. The Morgan fingerprint density at radius 2 is 2.41 bits per heavy atom. The molecule has 0 aromatic heterocycles. The molecule has 0 radical (unpaired) electrons. The molecule has 3 atom stereocenters. The summed E-state index contributed by atoms with van der Waals surface area (Å²) in [6.07, 6.45) is 2.39. The SMILES string of the molecule is CCN1CCCC(NC(=O)C2CC(O)CN2)C1. The molecule has 5 nitrogen and oxygen atoms in total. The summed E-state index contributed by atoms with van der Waals surface area (Å²) in [4.78, 5) is 14.3. The van der Waals surface area contributed by atoms with E-state index in [1.807, 2.05) is 0 Å². The molecule has 2 heterocycles. The molecule has 0 bridgehead atoms. The molecule has 3 unspecified atom stereocenters. The van der Waals surface area contributed by atoms with Crippen molar-refractivity contribution in [3.63, 3.8) is 0 Å². The normalized spacial score (nSPS) is 34.8. The summed E-state index contributed by atoms with van der Waals surface area (Å²) >= 11 is 0. The van der Waals surface area contributed by atoms with Crippen LogP contribution in [0, 0.1) is 0 Å². The molecule has 3 N–H and O–H groups in total. The number of nitrogens with zero attached hydrogens (tertiary/aromatic N) is 1. The zero-order valence-corrected chi connectivity index (χ0v) is 10.5. The number of carbonyl (C=O) groups excluding carboxylic acids is 1. The van der Waals surface area contributed by atoms with Crippen molar-refractivity contribution in [2.75, 3.05) is 26.2 Å². The number of aliphatic hydroxyl groups excluding tert-OH is 1. The van der Waals surface area contributed by atoms with Crippen LogP contribution in [0.4, 0.5) is 0 Å². The molecule has 98 valence electrons. The second-order valence-electron chi connectivity index (χ2n) is 5.09. The Morgan fingerprint density at radius 1 is 1.59 bits per heavy atom. The molecule has 2 aliphatic heterocycles. The Morgan fingerprint density at radius 3 is 3.06 bits per heavy atom. The van der Waals surface area contributed by atoms with Crippen LogP contribution in [0.25, 0.3) is 0 Å². The molecule has 0 saturated carbocycles. The van der Waals surface area contributed by atoms with E-state index in [-0.39, 0.29) is 24.1 Å². The number of hydrogen-bond acceptors (Lipinski definition) is 4. The van der Waals surface area contributed by atoms with Crippen LogP contribution in [0.3, 0.4) is 0 Å². The van der Waals surface area contributed by atoms with E-state index < -0.39 is 0 Å². The number of piperidine rings is 1. The van der Waals surface area contributed by atoms with Crippen molar-refractivity contribution in [1.82, 2.24) is 15.5 Å². The minimum absolute atomic E-state index is 0.0458. The van der Waals surface area contributed by atoms with Gasteiger partial charge in [-0.15, -0.1) is 0 Å². The zero-order chi connectivity index (χ0) is 12.3. The zero-order valence-electron chi connectivity index (χ0n) is 10.5. The first-order valence-electron chi connectivity index (χ1n) is 6.63. The van der Waals surface area contributed by atoms with Crippen molar-refractivity contribution in [2.45, 2.75) is 44.4 Å². The van der Waals surface area contributed by atoms with E-state index in [0.29, 0.717) is 13.0 Å². The highest BCUT2D eigenvalue weighted by atomic mass is 16.3. The number of aliphatic hydroxyl groups is 1. The lowest BCUT2D eigenvalue weighted by atomic mass is 10.0. The Hall–Kier alpha value is -0.650. The summed E-state index contributed by atoms with van der Waals surface area (Å²) in [7, 11) is 0. The fraction of sp³-hybridized carbons (Fsp3) is 0.917. The van der Waals surface area contributed by atoms with Gasteiger partial charge >= 0.3 is 0 Å². The summed E-state index contributed by atoms with van der Waals surface area (Å²) in [5, 5.41) is 15.5. The van der Waals surface area contributed by atoms with Gasteiger partial charge in [-0.2, -0.15) is 0 Å². The van der Waals surface area contributed by atoms with Gasteiger partial charge in [-0.25, -0.2) is 0 Å². The fourth-order valence-electron chi connectivity index (χ4n) is 2.68. The van der Waals surface area contributed by atoms with E-state index in [2.05, 4.69) is 22.5 Å². The number of likely N-dealkylation sites (tertiary alicyclic amines) is 1. The highest BCUT2D eigenvalue weighted by Gasteiger charge is 2.30. The Balaban J connectivity index is 1.78. The van der Waals surface area contributed by atoms with Gasteiger partial charge < -0.3 is 20.6 Å². The van der Waals surface area contributed by atoms with E-state index in [9.17, 15) is 9.90 Å². The van der Waals surface area contributed by atoms with E-state index in [4.69, 9.17) is 0 Å². The molecule has 2 saturated heterocycles. The summed E-state index contributed by atoms with van der Waals surface area (Å²) < 4.78 is 0. The van der Waals surface area contributed by atoms with Crippen LogP contribution in [0.1, 0.15) is 26.2 Å². The minimum atomic E-state index is -0.371. The molecular formula is C12H23N3O2. The molecule has 0 aromatic carbocycles. The van der Waals surface area contributed by atoms with Gasteiger partial charge in [-0.05, 0) is 32.4 Å². The van der Waals surface area contributed by atoms with E-state index in [1.54, 1.807) is 0 Å². The van der Waals surface area contributed by atoms with Crippen LogP contribution in [-0.4, -0.2) is 60.3 Å². The highest BCUT2D eigenvalue weighted by molar-refractivity contribution is 5.82. The van der Waals surface area contributed by atoms with Crippen LogP contribution >= 0.6 is 0 Å². The monoisotopic (exact) mass is 241 g/mol. The number of amides is 1. The number of rotatable bonds is 3. The molecule has 5 heteroatoms. The third-order valence-corrected chi connectivity index (χ3v) is 3.72. The molecule has 2 aliphatic rings. The van der Waals surface area contributed by atoms with Crippen LogP contribution in [0.2, 0.25) is 0 Å². The minimum Gasteiger partial charge on any atom is -0.392 e. The fourth-order valence-corrected chi connectivity index (χ4v) is 2.68. The van der Waals surface area contributed by atoms with Gasteiger partial charge in [0.15, 0.2) is 0 Å². The Bertz CT molecular complexity index is 272. The van der Waals surface area contributed by atoms with Gasteiger partial charge in [-0.3, -0.25) is 4.79 Å². The van der Waals surface area contributed by atoms with Gasteiger partial charge in [-0.1, -0.05) is 6.92 Å². The average Bonchev–Trinajstić information content (AvgIpc) is 2.76. The molecule has 2 fully saturated rings. The topological polar surface area (TPSA) is 64.6 Å². The number of likely N-dealkylation sites (N-methyl/N-ethyl adjacent to an activating group) is 1. The first kappa shape index (κ1) is 12.8. The third kappa shape index (κ3) is 3.40. The van der Waals surface area contributed by atoms with E-state index in [0.717, 1.165) is 32.5 Å². The molecule has 1 amide bonds. The van der Waals surface area contributed by atoms with Gasteiger partial charge in [0.25, 0.3) is 0 Å². The summed E-state index contributed by atoms with van der Waals surface area (Å²) in [6, 6.07) is 0.0674. The predicted octanol–water partition coefficient (Wildman–Crippen LogP) is -0.690. The summed E-state index contributed by atoms with van der Waals surface area (Å²) in [5.41, 5.74) is 0. The number of carbonyl (C=O) groups is 1. The quantitative estimate of drug-likeness (QED) is 0.612. The van der Waals surface area contributed by atoms with Crippen molar-refractivity contribution in [3.05, 3.63) is 0 Å². The predicted molar refractivity (Wildman–Crippen MR) is 65.7 cm³/mol. The van der Waals surface area contributed by atoms with Crippen molar-refractivity contribution < 1.29 is 9.90 Å². The lowest BCUT2D eigenvalue weighted by Crippen LogP contribution is -2.51.